The monoisotopic (exact) mass is 246 g/mol. The molecule has 1 heterocycles. The predicted molar refractivity (Wildman–Crippen MR) is 65.9 cm³/mol. The molecule has 18 heavy (non-hydrogen) atoms. The zero-order valence-electron chi connectivity index (χ0n) is 9.78. The molecule has 2 N–H and O–H groups in total. The SMILES string of the molecule is O=C(Cn1cc(CCO)nn1)Nc1ccccc1. The zero-order chi connectivity index (χ0) is 12.8. The Labute approximate surface area is 104 Å². The molecule has 0 aliphatic carbocycles. The molecule has 0 radical (unpaired) electrons. The van der Waals surface area contributed by atoms with Crippen molar-refractivity contribution in [3.63, 3.8) is 0 Å². The summed E-state index contributed by atoms with van der Waals surface area (Å²) in [6.45, 7) is 0.127. The van der Waals surface area contributed by atoms with Gasteiger partial charge in [0.1, 0.15) is 6.54 Å². The zero-order valence-corrected chi connectivity index (χ0v) is 9.78. The molecule has 1 amide bonds. The molecule has 6 heteroatoms. The largest absolute Gasteiger partial charge is 0.396 e. The van der Waals surface area contributed by atoms with Crippen LogP contribution in [0.2, 0.25) is 0 Å². The van der Waals surface area contributed by atoms with Crippen molar-refractivity contribution in [2.45, 2.75) is 13.0 Å². The molecule has 1 aromatic heterocycles. The Morgan fingerprint density at radius 1 is 1.33 bits per heavy atom. The third-order valence-electron chi connectivity index (χ3n) is 2.32. The summed E-state index contributed by atoms with van der Waals surface area (Å²) in [6, 6.07) is 9.22. The first kappa shape index (κ1) is 12.3. The Morgan fingerprint density at radius 3 is 2.83 bits per heavy atom. The molecule has 2 aromatic rings. The van der Waals surface area contributed by atoms with Crippen LogP contribution in [0.5, 0.6) is 0 Å². The number of carbonyl (C=O) groups is 1. The van der Waals surface area contributed by atoms with E-state index in [-0.39, 0.29) is 19.1 Å². The summed E-state index contributed by atoms with van der Waals surface area (Å²) in [5, 5.41) is 19.2. The average molecular weight is 246 g/mol. The third kappa shape index (κ3) is 3.39. The number of anilines is 1. The Hall–Kier alpha value is -2.21. The van der Waals surface area contributed by atoms with Crippen molar-refractivity contribution in [3.8, 4) is 0 Å². The second-order valence-electron chi connectivity index (χ2n) is 3.80. The average Bonchev–Trinajstić information content (AvgIpc) is 2.78. The van der Waals surface area contributed by atoms with Crippen molar-refractivity contribution >= 4 is 11.6 Å². The Kier molecular flexibility index (Phi) is 4.03. The summed E-state index contributed by atoms with van der Waals surface area (Å²) >= 11 is 0. The molecule has 6 nitrogen and oxygen atoms in total. The molecule has 0 aliphatic rings. The van der Waals surface area contributed by atoms with Crippen molar-refractivity contribution in [1.82, 2.24) is 15.0 Å². The fourth-order valence-corrected chi connectivity index (χ4v) is 1.51. The van der Waals surface area contributed by atoms with Crippen LogP contribution in [0, 0.1) is 0 Å². The number of para-hydroxylation sites is 1. The van der Waals surface area contributed by atoms with Crippen molar-refractivity contribution < 1.29 is 9.90 Å². The highest BCUT2D eigenvalue weighted by Gasteiger charge is 2.06. The van der Waals surface area contributed by atoms with E-state index in [1.165, 1.54) is 4.68 Å². The van der Waals surface area contributed by atoms with Gasteiger partial charge in [-0.1, -0.05) is 23.4 Å². The summed E-state index contributed by atoms with van der Waals surface area (Å²) in [4.78, 5) is 11.7. The minimum atomic E-state index is -0.165. The van der Waals surface area contributed by atoms with E-state index in [0.717, 1.165) is 5.69 Å². The molecule has 0 saturated heterocycles. The van der Waals surface area contributed by atoms with E-state index < -0.39 is 0 Å². The van der Waals surface area contributed by atoms with E-state index in [4.69, 9.17) is 5.11 Å². The van der Waals surface area contributed by atoms with Gasteiger partial charge in [0.05, 0.1) is 5.69 Å². The first-order valence-corrected chi connectivity index (χ1v) is 5.62. The number of nitrogens with zero attached hydrogens (tertiary/aromatic N) is 3. The van der Waals surface area contributed by atoms with Gasteiger partial charge in [0.25, 0.3) is 0 Å². The van der Waals surface area contributed by atoms with Crippen LogP contribution in [0.15, 0.2) is 36.5 Å². The van der Waals surface area contributed by atoms with E-state index in [0.29, 0.717) is 12.1 Å². The fraction of sp³-hybridized carbons (Fsp3) is 0.250. The van der Waals surface area contributed by atoms with Crippen LogP contribution in [0.25, 0.3) is 0 Å². The summed E-state index contributed by atoms with van der Waals surface area (Å²) in [7, 11) is 0. The number of carbonyl (C=O) groups excluding carboxylic acids is 1. The van der Waals surface area contributed by atoms with Crippen LogP contribution in [-0.4, -0.2) is 32.6 Å². The smallest absolute Gasteiger partial charge is 0.246 e. The number of aromatic nitrogens is 3. The lowest BCUT2D eigenvalue weighted by molar-refractivity contribution is -0.116. The number of nitrogens with one attached hydrogen (secondary N) is 1. The van der Waals surface area contributed by atoms with E-state index in [1.807, 2.05) is 30.3 Å². The number of amides is 1. The third-order valence-corrected chi connectivity index (χ3v) is 2.32. The van der Waals surface area contributed by atoms with Gasteiger partial charge in [-0.3, -0.25) is 4.79 Å². The lowest BCUT2D eigenvalue weighted by Gasteiger charge is -2.04. The van der Waals surface area contributed by atoms with Crippen molar-refractivity contribution in [3.05, 3.63) is 42.2 Å². The number of aliphatic hydroxyl groups is 1. The summed E-state index contributed by atoms with van der Waals surface area (Å²) in [5.74, 6) is -0.165. The maximum atomic E-state index is 11.7. The van der Waals surface area contributed by atoms with Gasteiger partial charge >= 0.3 is 0 Å². The second kappa shape index (κ2) is 5.92. The molecule has 0 fully saturated rings. The van der Waals surface area contributed by atoms with Crippen LogP contribution < -0.4 is 5.32 Å². The number of benzene rings is 1. The summed E-state index contributed by atoms with van der Waals surface area (Å²) in [6.07, 6.45) is 2.10. The van der Waals surface area contributed by atoms with Crippen molar-refractivity contribution in [2.24, 2.45) is 0 Å². The van der Waals surface area contributed by atoms with Gasteiger partial charge in [-0.05, 0) is 12.1 Å². The van der Waals surface area contributed by atoms with Gasteiger partial charge < -0.3 is 10.4 Å². The minimum Gasteiger partial charge on any atom is -0.396 e. The molecule has 94 valence electrons. The maximum Gasteiger partial charge on any atom is 0.246 e. The van der Waals surface area contributed by atoms with E-state index in [1.54, 1.807) is 6.20 Å². The Morgan fingerprint density at radius 2 is 2.11 bits per heavy atom. The molecule has 1 aromatic carbocycles. The number of aliphatic hydroxyl groups excluding tert-OH is 1. The number of hydrogen-bond acceptors (Lipinski definition) is 4. The highest BCUT2D eigenvalue weighted by Crippen LogP contribution is 2.05. The molecular weight excluding hydrogens is 232 g/mol. The first-order chi connectivity index (χ1) is 8.78. The highest BCUT2D eigenvalue weighted by atomic mass is 16.3. The quantitative estimate of drug-likeness (QED) is 0.802. The van der Waals surface area contributed by atoms with Crippen LogP contribution in [0.1, 0.15) is 5.69 Å². The van der Waals surface area contributed by atoms with Gasteiger partial charge in [0, 0.05) is 24.9 Å². The van der Waals surface area contributed by atoms with Crippen molar-refractivity contribution in [1.29, 1.82) is 0 Å². The minimum absolute atomic E-state index is 0.0227. The van der Waals surface area contributed by atoms with Crippen LogP contribution >= 0.6 is 0 Å². The number of rotatable bonds is 5. The van der Waals surface area contributed by atoms with Crippen molar-refractivity contribution in [2.75, 3.05) is 11.9 Å². The van der Waals surface area contributed by atoms with Crippen LogP contribution in [0.4, 0.5) is 5.69 Å². The van der Waals surface area contributed by atoms with Gasteiger partial charge in [-0.2, -0.15) is 0 Å². The normalized spacial score (nSPS) is 10.3. The molecule has 0 aliphatic heterocycles. The number of hydrogen-bond donors (Lipinski definition) is 2. The molecule has 0 spiro atoms. The first-order valence-electron chi connectivity index (χ1n) is 5.62. The summed E-state index contributed by atoms with van der Waals surface area (Å²) in [5.41, 5.74) is 1.42. The van der Waals surface area contributed by atoms with E-state index >= 15 is 0 Å². The Bertz CT molecular complexity index is 510. The predicted octanol–water partition coefficient (Wildman–Crippen LogP) is 0.452. The molecule has 0 atom stereocenters. The highest BCUT2D eigenvalue weighted by molar-refractivity contribution is 5.90. The topological polar surface area (TPSA) is 80.0 Å². The Balaban J connectivity index is 1.90. The van der Waals surface area contributed by atoms with E-state index in [2.05, 4.69) is 15.6 Å². The molecule has 0 bridgehead atoms. The lowest BCUT2D eigenvalue weighted by atomic mass is 10.3. The van der Waals surface area contributed by atoms with Crippen LogP contribution in [-0.2, 0) is 17.8 Å². The van der Waals surface area contributed by atoms with Gasteiger partial charge in [-0.25, -0.2) is 4.68 Å². The van der Waals surface area contributed by atoms with Gasteiger partial charge in [0.2, 0.25) is 5.91 Å². The van der Waals surface area contributed by atoms with E-state index in [9.17, 15) is 4.79 Å². The molecule has 0 unspecified atom stereocenters. The second-order valence-corrected chi connectivity index (χ2v) is 3.80. The van der Waals surface area contributed by atoms with Gasteiger partial charge in [-0.15, -0.1) is 5.10 Å². The lowest BCUT2D eigenvalue weighted by Crippen LogP contribution is -2.19. The molecule has 0 saturated carbocycles. The standard InChI is InChI=1S/C12H14N4O2/c17-7-6-11-8-16(15-14-11)9-12(18)13-10-4-2-1-3-5-10/h1-5,8,17H,6-7,9H2,(H,13,18). The fourth-order valence-electron chi connectivity index (χ4n) is 1.51. The maximum absolute atomic E-state index is 11.7. The van der Waals surface area contributed by atoms with Crippen LogP contribution in [0.3, 0.4) is 0 Å². The molecule has 2 rings (SSSR count). The van der Waals surface area contributed by atoms with Gasteiger partial charge in [0.15, 0.2) is 0 Å². The summed E-state index contributed by atoms with van der Waals surface area (Å²) < 4.78 is 1.45. The molecular formula is C12H14N4O2.